The van der Waals surface area contributed by atoms with Gasteiger partial charge in [0.1, 0.15) is 5.75 Å². The van der Waals surface area contributed by atoms with Crippen molar-refractivity contribution in [3.05, 3.63) is 53.9 Å². The van der Waals surface area contributed by atoms with Gasteiger partial charge in [0.2, 0.25) is 0 Å². The van der Waals surface area contributed by atoms with E-state index in [-0.39, 0.29) is 12.5 Å². The highest BCUT2D eigenvalue weighted by atomic mass is 16.5. The summed E-state index contributed by atoms with van der Waals surface area (Å²) in [4.78, 5) is 16.1. The summed E-state index contributed by atoms with van der Waals surface area (Å²) in [6, 6.07) is 9.16. The Kier molecular flexibility index (Phi) is 4.90. The summed E-state index contributed by atoms with van der Waals surface area (Å²) in [5.41, 5.74) is 2.17. The SMILES string of the molecule is Cc1cccc(OC(C)C(=O)Nc2cnccc2CO)c1. The van der Waals surface area contributed by atoms with Crippen molar-refractivity contribution in [2.24, 2.45) is 0 Å². The number of nitrogens with one attached hydrogen (secondary N) is 1. The van der Waals surface area contributed by atoms with Gasteiger partial charge in [0.05, 0.1) is 18.5 Å². The number of aliphatic hydroxyl groups excluding tert-OH is 1. The molecule has 2 N–H and O–H groups in total. The van der Waals surface area contributed by atoms with Gasteiger partial charge in [-0.15, -0.1) is 0 Å². The summed E-state index contributed by atoms with van der Waals surface area (Å²) in [5, 5.41) is 11.9. The summed E-state index contributed by atoms with van der Waals surface area (Å²) in [6.07, 6.45) is 2.41. The molecule has 1 aromatic heterocycles. The second kappa shape index (κ2) is 6.85. The molecule has 0 aliphatic rings. The van der Waals surface area contributed by atoms with E-state index in [0.717, 1.165) is 5.56 Å². The first-order valence-corrected chi connectivity index (χ1v) is 6.68. The van der Waals surface area contributed by atoms with Gasteiger partial charge in [0.25, 0.3) is 5.91 Å². The largest absolute Gasteiger partial charge is 0.481 e. The fraction of sp³-hybridized carbons (Fsp3) is 0.250. The minimum Gasteiger partial charge on any atom is -0.481 e. The Hall–Kier alpha value is -2.40. The Labute approximate surface area is 123 Å². The number of amides is 1. The van der Waals surface area contributed by atoms with Crippen LogP contribution in [0.4, 0.5) is 5.69 Å². The van der Waals surface area contributed by atoms with Crippen LogP contribution in [-0.2, 0) is 11.4 Å². The number of aliphatic hydroxyl groups is 1. The second-order valence-electron chi connectivity index (χ2n) is 4.76. The van der Waals surface area contributed by atoms with Crippen molar-refractivity contribution in [3.8, 4) is 5.75 Å². The zero-order chi connectivity index (χ0) is 15.2. The van der Waals surface area contributed by atoms with E-state index in [9.17, 15) is 9.90 Å². The molecule has 2 rings (SSSR count). The van der Waals surface area contributed by atoms with E-state index in [2.05, 4.69) is 10.3 Å². The third-order valence-electron chi connectivity index (χ3n) is 3.01. The fourth-order valence-corrected chi connectivity index (χ4v) is 1.85. The molecule has 1 unspecified atom stereocenters. The molecule has 1 aromatic carbocycles. The molecule has 0 spiro atoms. The average molecular weight is 286 g/mol. The maximum absolute atomic E-state index is 12.1. The molecular weight excluding hydrogens is 268 g/mol. The molecule has 1 amide bonds. The average Bonchev–Trinajstić information content (AvgIpc) is 2.47. The number of aryl methyl sites for hydroxylation is 1. The Morgan fingerprint density at radius 3 is 2.95 bits per heavy atom. The highest BCUT2D eigenvalue weighted by Gasteiger charge is 2.16. The fourth-order valence-electron chi connectivity index (χ4n) is 1.85. The molecular formula is C16H18N2O3. The van der Waals surface area contributed by atoms with Crippen molar-refractivity contribution in [2.75, 3.05) is 5.32 Å². The van der Waals surface area contributed by atoms with Gasteiger partial charge in [-0.25, -0.2) is 0 Å². The zero-order valence-corrected chi connectivity index (χ0v) is 12.0. The predicted molar refractivity (Wildman–Crippen MR) is 80.1 cm³/mol. The van der Waals surface area contributed by atoms with Crippen LogP contribution in [0.2, 0.25) is 0 Å². The van der Waals surface area contributed by atoms with Gasteiger partial charge >= 0.3 is 0 Å². The van der Waals surface area contributed by atoms with Gasteiger partial charge in [-0.2, -0.15) is 0 Å². The van der Waals surface area contributed by atoms with Crippen LogP contribution in [0.25, 0.3) is 0 Å². The normalized spacial score (nSPS) is 11.8. The van der Waals surface area contributed by atoms with Gasteiger partial charge in [-0.3, -0.25) is 9.78 Å². The lowest BCUT2D eigenvalue weighted by Gasteiger charge is -2.16. The minimum absolute atomic E-state index is 0.161. The summed E-state index contributed by atoms with van der Waals surface area (Å²) >= 11 is 0. The number of carbonyl (C=O) groups is 1. The first-order valence-electron chi connectivity index (χ1n) is 6.68. The van der Waals surface area contributed by atoms with E-state index in [4.69, 9.17) is 4.74 Å². The van der Waals surface area contributed by atoms with Crippen LogP contribution in [0.3, 0.4) is 0 Å². The quantitative estimate of drug-likeness (QED) is 0.884. The number of pyridine rings is 1. The van der Waals surface area contributed by atoms with Crippen LogP contribution in [0.15, 0.2) is 42.7 Å². The maximum atomic E-state index is 12.1. The molecule has 110 valence electrons. The highest BCUT2D eigenvalue weighted by molar-refractivity contribution is 5.94. The molecule has 0 saturated carbocycles. The van der Waals surface area contributed by atoms with Gasteiger partial charge in [0, 0.05) is 11.8 Å². The molecule has 0 aliphatic carbocycles. The number of hydrogen-bond acceptors (Lipinski definition) is 4. The number of benzene rings is 1. The monoisotopic (exact) mass is 286 g/mol. The Morgan fingerprint density at radius 1 is 1.43 bits per heavy atom. The van der Waals surface area contributed by atoms with E-state index in [0.29, 0.717) is 17.0 Å². The zero-order valence-electron chi connectivity index (χ0n) is 12.0. The predicted octanol–water partition coefficient (Wildman–Crippen LogP) is 2.29. The second-order valence-corrected chi connectivity index (χ2v) is 4.76. The van der Waals surface area contributed by atoms with E-state index in [1.807, 2.05) is 25.1 Å². The van der Waals surface area contributed by atoms with Crippen molar-refractivity contribution >= 4 is 11.6 Å². The van der Waals surface area contributed by atoms with Crippen molar-refractivity contribution in [2.45, 2.75) is 26.6 Å². The van der Waals surface area contributed by atoms with Gasteiger partial charge < -0.3 is 15.2 Å². The Bertz CT molecular complexity index is 628. The molecule has 0 saturated heterocycles. The first kappa shape index (κ1) is 15.0. The van der Waals surface area contributed by atoms with Crippen LogP contribution in [0.1, 0.15) is 18.1 Å². The standard InChI is InChI=1S/C16H18N2O3/c1-11-4-3-5-14(8-11)21-12(2)16(20)18-15-9-17-7-6-13(15)10-19/h3-9,12,19H,10H2,1-2H3,(H,18,20). The number of nitrogens with zero attached hydrogens (tertiary/aromatic N) is 1. The van der Waals surface area contributed by atoms with Crippen LogP contribution in [0.5, 0.6) is 5.75 Å². The summed E-state index contributed by atoms with van der Waals surface area (Å²) in [6.45, 7) is 3.47. The van der Waals surface area contributed by atoms with E-state index < -0.39 is 6.10 Å². The van der Waals surface area contributed by atoms with Crippen LogP contribution >= 0.6 is 0 Å². The Balaban J connectivity index is 2.02. The minimum atomic E-state index is -0.654. The third kappa shape index (κ3) is 4.03. The highest BCUT2D eigenvalue weighted by Crippen LogP contribution is 2.16. The molecule has 0 fully saturated rings. The van der Waals surface area contributed by atoms with E-state index in [1.54, 1.807) is 25.3 Å². The topological polar surface area (TPSA) is 71.5 Å². The number of carbonyl (C=O) groups excluding carboxylic acids is 1. The first-order chi connectivity index (χ1) is 10.1. The smallest absolute Gasteiger partial charge is 0.265 e. The lowest BCUT2D eigenvalue weighted by atomic mass is 10.2. The molecule has 1 heterocycles. The lowest BCUT2D eigenvalue weighted by molar-refractivity contribution is -0.122. The van der Waals surface area contributed by atoms with E-state index in [1.165, 1.54) is 6.20 Å². The summed E-state index contributed by atoms with van der Waals surface area (Å²) < 4.78 is 5.61. The number of ether oxygens (including phenoxy) is 1. The van der Waals surface area contributed by atoms with Crippen LogP contribution in [0, 0.1) is 6.92 Å². The van der Waals surface area contributed by atoms with Gasteiger partial charge in [-0.05, 0) is 37.6 Å². The maximum Gasteiger partial charge on any atom is 0.265 e. The molecule has 0 radical (unpaired) electrons. The van der Waals surface area contributed by atoms with Crippen molar-refractivity contribution < 1.29 is 14.6 Å². The van der Waals surface area contributed by atoms with Crippen LogP contribution in [-0.4, -0.2) is 22.1 Å². The molecule has 2 aromatic rings. The summed E-state index contributed by atoms with van der Waals surface area (Å²) in [5.74, 6) is 0.352. The molecule has 0 aliphatic heterocycles. The van der Waals surface area contributed by atoms with Crippen LogP contribution < -0.4 is 10.1 Å². The number of rotatable bonds is 5. The Morgan fingerprint density at radius 2 is 2.24 bits per heavy atom. The lowest BCUT2D eigenvalue weighted by Crippen LogP contribution is -2.30. The van der Waals surface area contributed by atoms with Crippen molar-refractivity contribution in [3.63, 3.8) is 0 Å². The van der Waals surface area contributed by atoms with Crippen molar-refractivity contribution in [1.82, 2.24) is 4.98 Å². The van der Waals surface area contributed by atoms with E-state index >= 15 is 0 Å². The number of anilines is 1. The number of hydrogen-bond donors (Lipinski definition) is 2. The third-order valence-corrected chi connectivity index (χ3v) is 3.01. The summed E-state index contributed by atoms with van der Waals surface area (Å²) in [7, 11) is 0. The molecule has 0 bridgehead atoms. The number of aromatic nitrogens is 1. The van der Waals surface area contributed by atoms with Gasteiger partial charge in [0.15, 0.2) is 6.10 Å². The molecule has 21 heavy (non-hydrogen) atoms. The van der Waals surface area contributed by atoms with Gasteiger partial charge in [-0.1, -0.05) is 12.1 Å². The molecule has 5 nitrogen and oxygen atoms in total. The van der Waals surface area contributed by atoms with Crippen molar-refractivity contribution in [1.29, 1.82) is 0 Å². The molecule has 1 atom stereocenters. The molecule has 5 heteroatoms.